The van der Waals surface area contributed by atoms with E-state index in [1.807, 2.05) is 24.3 Å². The Kier molecular flexibility index (Phi) is 4.15. The van der Waals surface area contributed by atoms with Crippen molar-refractivity contribution in [2.24, 2.45) is 0 Å². The molecule has 0 aliphatic carbocycles. The second-order valence-corrected chi connectivity index (χ2v) is 4.44. The molecule has 18 heavy (non-hydrogen) atoms. The summed E-state index contributed by atoms with van der Waals surface area (Å²) in [6.45, 7) is 0.790. The Morgan fingerprint density at radius 1 is 1.33 bits per heavy atom. The van der Waals surface area contributed by atoms with Crippen LogP contribution in [0.25, 0.3) is 6.08 Å². The number of hydrogen-bond acceptors (Lipinski definition) is 2. The minimum atomic E-state index is -0.115. The van der Waals surface area contributed by atoms with Gasteiger partial charge in [0.1, 0.15) is 0 Å². The molecule has 0 bridgehead atoms. The summed E-state index contributed by atoms with van der Waals surface area (Å²) in [6.07, 6.45) is 4.74. The van der Waals surface area contributed by atoms with Gasteiger partial charge in [-0.2, -0.15) is 0 Å². The molecule has 0 aromatic heterocycles. The standard InChI is InChI=1S/C14H14ClNO2/c15-10-13(17)8-5-11-3-6-12(7-4-11)16-9-1-2-14(16)18/h3-8H,1-2,9-10H2. The summed E-state index contributed by atoms with van der Waals surface area (Å²) in [4.78, 5) is 24.4. The molecule has 1 heterocycles. The molecule has 1 saturated heterocycles. The summed E-state index contributed by atoms with van der Waals surface area (Å²) >= 11 is 5.40. The van der Waals surface area contributed by atoms with Crippen molar-refractivity contribution in [1.82, 2.24) is 0 Å². The molecule has 0 N–H and O–H groups in total. The van der Waals surface area contributed by atoms with E-state index >= 15 is 0 Å². The van der Waals surface area contributed by atoms with Gasteiger partial charge in [-0.1, -0.05) is 18.2 Å². The molecule has 94 valence electrons. The van der Waals surface area contributed by atoms with Crippen LogP contribution in [0.2, 0.25) is 0 Å². The van der Waals surface area contributed by atoms with E-state index in [1.165, 1.54) is 6.08 Å². The van der Waals surface area contributed by atoms with Gasteiger partial charge >= 0.3 is 0 Å². The summed E-state index contributed by atoms with van der Waals surface area (Å²) in [7, 11) is 0. The van der Waals surface area contributed by atoms with E-state index in [0.717, 1.165) is 24.2 Å². The van der Waals surface area contributed by atoms with Gasteiger partial charge in [-0.25, -0.2) is 0 Å². The van der Waals surface area contributed by atoms with Gasteiger partial charge in [0.2, 0.25) is 5.91 Å². The Hall–Kier alpha value is -1.61. The van der Waals surface area contributed by atoms with Crippen LogP contribution in [0.1, 0.15) is 18.4 Å². The van der Waals surface area contributed by atoms with Crippen molar-refractivity contribution in [3.63, 3.8) is 0 Å². The number of carbonyl (C=O) groups excluding carboxylic acids is 2. The molecule has 0 saturated carbocycles. The van der Waals surface area contributed by atoms with Gasteiger partial charge in [-0.3, -0.25) is 9.59 Å². The molecule has 0 spiro atoms. The lowest BCUT2D eigenvalue weighted by Crippen LogP contribution is -2.23. The fourth-order valence-electron chi connectivity index (χ4n) is 1.92. The lowest BCUT2D eigenvalue weighted by atomic mass is 10.1. The van der Waals surface area contributed by atoms with Crippen molar-refractivity contribution < 1.29 is 9.59 Å². The maximum Gasteiger partial charge on any atom is 0.227 e. The smallest absolute Gasteiger partial charge is 0.227 e. The first kappa shape index (κ1) is 12.8. The van der Waals surface area contributed by atoms with Gasteiger partial charge in [-0.05, 0) is 30.2 Å². The largest absolute Gasteiger partial charge is 0.312 e. The van der Waals surface area contributed by atoms with Crippen molar-refractivity contribution in [3.8, 4) is 0 Å². The Morgan fingerprint density at radius 2 is 2.06 bits per heavy atom. The first-order valence-corrected chi connectivity index (χ1v) is 6.41. The molecule has 1 fully saturated rings. The lowest BCUT2D eigenvalue weighted by Gasteiger charge is -2.15. The van der Waals surface area contributed by atoms with Crippen LogP contribution in [0.15, 0.2) is 30.3 Å². The van der Waals surface area contributed by atoms with E-state index < -0.39 is 0 Å². The second-order valence-electron chi connectivity index (χ2n) is 4.17. The fraction of sp³-hybridized carbons (Fsp3) is 0.286. The van der Waals surface area contributed by atoms with Crippen LogP contribution < -0.4 is 4.90 Å². The van der Waals surface area contributed by atoms with Crippen LogP contribution in [0.5, 0.6) is 0 Å². The third-order valence-corrected chi connectivity index (χ3v) is 3.13. The van der Waals surface area contributed by atoms with Crippen LogP contribution >= 0.6 is 11.6 Å². The molecule has 1 aromatic carbocycles. The van der Waals surface area contributed by atoms with Gasteiger partial charge in [0, 0.05) is 18.7 Å². The summed E-state index contributed by atoms with van der Waals surface area (Å²) < 4.78 is 0. The highest BCUT2D eigenvalue weighted by molar-refractivity contribution is 6.29. The molecular weight excluding hydrogens is 250 g/mol. The molecule has 1 aliphatic heterocycles. The number of amides is 1. The molecule has 1 aromatic rings. The lowest BCUT2D eigenvalue weighted by molar-refractivity contribution is -0.117. The number of ketones is 1. The first-order chi connectivity index (χ1) is 8.70. The van der Waals surface area contributed by atoms with Crippen molar-refractivity contribution in [2.45, 2.75) is 12.8 Å². The van der Waals surface area contributed by atoms with Crippen LogP contribution in [-0.4, -0.2) is 24.1 Å². The Morgan fingerprint density at radius 3 is 2.61 bits per heavy atom. The fourth-order valence-corrected chi connectivity index (χ4v) is 2.01. The number of allylic oxidation sites excluding steroid dienone is 1. The number of benzene rings is 1. The highest BCUT2D eigenvalue weighted by Gasteiger charge is 2.21. The SMILES string of the molecule is O=C(C=Cc1ccc(N2CCCC2=O)cc1)CCl. The monoisotopic (exact) mass is 263 g/mol. The average Bonchev–Trinajstić information content (AvgIpc) is 2.83. The van der Waals surface area contributed by atoms with Crippen LogP contribution in [0, 0.1) is 0 Å². The third-order valence-electron chi connectivity index (χ3n) is 2.87. The van der Waals surface area contributed by atoms with E-state index in [1.54, 1.807) is 11.0 Å². The number of rotatable bonds is 4. The molecule has 3 nitrogen and oxygen atoms in total. The van der Waals surface area contributed by atoms with Crippen molar-refractivity contribution >= 4 is 35.1 Å². The second kappa shape index (κ2) is 5.83. The molecule has 0 atom stereocenters. The number of nitrogens with zero attached hydrogens (tertiary/aromatic N) is 1. The first-order valence-electron chi connectivity index (χ1n) is 5.88. The molecule has 0 unspecified atom stereocenters. The Bertz CT molecular complexity index is 479. The van der Waals surface area contributed by atoms with Crippen molar-refractivity contribution in [1.29, 1.82) is 0 Å². The predicted octanol–water partition coefficient (Wildman–Crippen LogP) is 2.63. The van der Waals surface area contributed by atoms with Gasteiger partial charge in [0.15, 0.2) is 5.78 Å². The van der Waals surface area contributed by atoms with Crippen molar-refractivity contribution in [2.75, 3.05) is 17.3 Å². The molecule has 1 aliphatic rings. The molecular formula is C14H14ClNO2. The minimum absolute atomic E-state index is 0.00311. The number of alkyl halides is 1. The normalized spacial score (nSPS) is 15.6. The van der Waals surface area contributed by atoms with Crippen molar-refractivity contribution in [3.05, 3.63) is 35.9 Å². The molecule has 1 amide bonds. The average molecular weight is 264 g/mol. The van der Waals surface area contributed by atoms with E-state index in [-0.39, 0.29) is 17.6 Å². The zero-order valence-electron chi connectivity index (χ0n) is 9.93. The summed E-state index contributed by atoms with van der Waals surface area (Å²) in [5.74, 6) is 0.0581. The molecule has 4 heteroatoms. The number of anilines is 1. The topological polar surface area (TPSA) is 37.4 Å². The van der Waals surface area contributed by atoms with E-state index in [4.69, 9.17) is 11.6 Å². The predicted molar refractivity (Wildman–Crippen MR) is 72.8 cm³/mol. The number of halogens is 1. The molecule has 0 radical (unpaired) electrons. The highest BCUT2D eigenvalue weighted by atomic mass is 35.5. The maximum atomic E-state index is 11.6. The van der Waals surface area contributed by atoms with Gasteiger partial charge in [0.25, 0.3) is 0 Å². The van der Waals surface area contributed by atoms with Crippen LogP contribution in [-0.2, 0) is 9.59 Å². The van der Waals surface area contributed by atoms with Gasteiger partial charge in [0.05, 0.1) is 5.88 Å². The van der Waals surface area contributed by atoms with E-state index in [0.29, 0.717) is 6.42 Å². The van der Waals surface area contributed by atoms with Gasteiger partial charge in [-0.15, -0.1) is 11.6 Å². The van der Waals surface area contributed by atoms with E-state index in [9.17, 15) is 9.59 Å². The zero-order chi connectivity index (χ0) is 13.0. The van der Waals surface area contributed by atoms with Crippen LogP contribution in [0.4, 0.5) is 5.69 Å². The maximum absolute atomic E-state index is 11.6. The number of hydrogen-bond donors (Lipinski definition) is 0. The quantitative estimate of drug-likeness (QED) is 0.619. The number of carbonyl (C=O) groups is 2. The Balaban J connectivity index is 2.08. The third kappa shape index (κ3) is 2.99. The Labute approximate surface area is 111 Å². The highest BCUT2D eigenvalue weighted by Crippen LogP contribution is 2.21. The zero-order valence-corrected chi connectivity index (χ0v) is 10.7. The minimum Gasteiger partial charge on any atom is -0.312 e. The summed E-state index contributed by atoms with van der Waals surface area (Å²) in [6, 6.07) is 7.57. The summed E-state index contributed by atoms with van der Waals surface area (Å²) in [5, 5.41) is 0. The molecule has 2 rings (SSSR count). The summed E-state index contributed by atoms with van der Waals surface area (Å²) in [5.41, 5.74) is 1.84. The van der Waals surface area contributed by atoms with Gasteiger partial charge < -0.3 is 4.90 Å². The van der Waals surface area contributed by atoms with E-state index in [2.05, 4.69) is 0 Å². The van der Waals surface area contributed by atoms with Crippen LogP contribution in [0.3, 0.4) is 0 Å².